The van der Waals surface area contributed by atoms with E-state index in [1.807, 2.05) is 0 Å². The molecule has 2 heterocycles. The van der Waals surface area contributed by atoms with Gasteiger partial charge in [0.15, 0.2) is 6.61 Å². The van der Waals surface area contributed by atoms with Gasteiger partial charge in [0.25, 0.3) is 17.1 Å². The summed E-state index contributed by atoms with van der Waals surface area (Å²) < 4.78 is 87.4. The van der Waals surface area contributed by atoms with Gasteiger partial charge in [-0.05, 0) is 55.2 Å². The smallest absolute Gasteiger partial charge is 0.430 e. The third-order valence-corrected chi connectivity index (χ3v) is 7.55. The molecule has 0 atom stereocenters. The Morgan fingerprint density at radius 1 is 0.864 bits per heavy atom. The second kappa shape index (κ2) is 11.9. The first-order valence-corrected chi connectivity index (χ1v) is 13.8. The number of aromatic nitrogens is 2. The molecule has 1 aliphatic rings. The summed E-state index contributed by atoms with van der Waals surface area (Å²) in [6.45, 7) is 1.03. The Kier molecular flexibility index (Phi) is 8.43. The lowest BCUT2D eigenvalue weighted by molar-refractivity contribution is -0.376. The normalized spacial score (nSPS) is 14.6. The lowest BCUT2D eigenvalue weighted by atomic mass is 9.92. The van der Waals surface area contributed by atoms with E-state index in [1.54, 1.807) is 41.3 Å². The molecule has 0 unspecified atom stereocenters. The standard InChI is InChI=1S/C31H27F6N3O4/c32-30(33,34)29(43,31(35,36)37)21-9-11-22(12-10-21)40-26(17-20-7-3-1-4-8-20)38-25-14-13-23(18-24(25)28(40)42)44-19-27(41)39-15-5-2-6-16-39/h1,3-4,7-14,18,43H,2,5-6,15-17,19H2. The molecule has 3 aromatic carbocycles. The van der Waals surface area contributed by atoms with Crippen molar-refractivity contribution >= 4 is 16.8 Å². The van der Waals surface area contributed by atoms with E-state index < -0.39 is 29.1 Å². The van der Waals surface area contributed by atoms with E-state index in [1.165, 1.54) is 12.1 Å². The molecule has 4 aromatic rings. The molecule has 0 saturated carbocycles. The van der Waals surface area contributed by atoms with Crippen LogP contribution in [0.5, 0.6) is 5.75 Å². The number of alkyl halides is 6. The molecular formula is C31H27F6N3O4. The van der Waals surface area contributed by atoms with E-state index in [2.05, 4.69) is 4.98 Å². The van der Waals surface area contributed by atoms with Crippen molar-refractivity contribution in [1.29, 1.82) is 0 Å². The SMILES string of the molecule is O=C(COc1ccc2nc(Cc3ccccc3)n(-c3ccc(C(O)(C(F)(F)F)C(F)(F)F)cc3)c(=O)c2c1)N1CCCCC1. The van der Waals surface area contributed by atoms with Gasteiger partial charge in [0, 0.05) is 25.1 Å². The molecular weight excluding hydrogens is 592 g/mol. The van der Waals surface area contributed by atoms with Crippen LogP contribution >= 0.6 is 0 Å². The van der Waals surface area contributed by atoms with Crippen molar-refractivity contribution in [3.8, 4) is 11.4 Å². The number of nitrogens with zero attached hydrogens (tertiary/aromatic N) is 3. The number of carbonyl (C=O) groups excluding carboxylic acids is 1. The Bertz CT molecular complexity index is 1680. The predicted molar refractivity (Wildman–Crippen MR) is 149 cm³/mol. The summed E-state index contributed by atoms with van der Waals surface area (Å²) in [5, 5.41) is 9.85. The maximum absolute atomic E-state index is 13.9. The Morgan fingerprint density at radius 2 is 1.50 bits per heavy atom. The van der Waals surface area contributed by atoms with Crippen molar-refractivity contribution in [3.63, 3.8) is 0 Å². The Morgan fingerprint density at radius 3 is 2.11 bits per heavy atom. The van der Waals surface area contributed by atoms with Crippen molar-refractivity contribution in [2.24, 2.45) is 0 Å². The van der Waals surface area contributed by atoms with Crippen LogP contribution in [0.25, 0.3) is 16.6 Å². The fourth-order valence-electron chi connectivity index (χ4n) is 5.18. The largest absolute Gasteiger partial charge is 0.484 e. The number of carbonyl (C=O) groups is 1. The Labute approximate surface area is 247 Å². The average molecular weight is 620 g/mol. The molecule has 1 amide bonds. The topological polar surface area (TPSA) is 84.7 Å². The number of hydrogen-bond donors (Lipinski definition) is 1. The monoisotopic (exact) mass is 619 g/mol. The number of piperidine rings is 1. The van der Waals surface area contributed by atoms with Crippen LogP contribution in [0.2, 0.25) is 0 Å². The minimum Gasteiger partial charge on any atom is -0.484 e. The van der Waals surface area contributed by atoms with Gasteiger partial charge in [-0.15, -0.1) is 0 Å². The fraction of sp³-hybridized carbons (Fsp3) is 0.323. The van der Waals surface area contributed by atoms with Crippen molar-refractivity contribution < 1.29 is 41.0 Å². The van der Waals surface area contributed by atoms with E-state index in [-0.39, 0.29) is 47.1 Å². The highest BCUT2D eigenvalue weighted by Gasteiger charge is 2.71. The third-order valence-electron chi connectivity index (χ3n) is 7.55. The molecule has 1 fully saturated rings. The van der Waals surface area contributed by atoms with E-state index in [9.17, 15) is 41.0 Å². The fourth-order valence-corrected chi connectivity index (χ4v) is 5.18. The average Bonchev–Trinajstić information content (AvgIpc) is 3.00. The van der Waals surface area contributed by atoms with Crippen LogP contribution in [0.4, 0.5) is 26.3 Å². The van der Waals surface area contributed by atoms with Crippen molar-refractivity contribution in [2.75, 3.05) is 19.7 Å². The first-order chi connectivity index (χ1) is 20.8. The van der Waals surface area contributed by atoms with Gasteiger partial charge in [-0.1, -0.05) is 42.5 Å². The Balaban J connectivity index is 1.55. The number of amides is 1. The van der Waals surface area contributed by atoms with E-state index in [0.717, 1.165) is 41.5 Å². The molecule has 0 radical (unpaired) electrons. The van der Waals surface area contributed by atoms with E-state index >= 15 is 0 Å². The molecule has 0 aliphatic carbocycles. The van der Waals surface area contributed by atoms with E-state index in [0.29, 0.717) is 25.2 Å². The molecule has 13 heteroatoms. The lowest BCUT2D eigenvalue weighted by Gasteiger charge is -2.32. The third kappa shape index (κ3) is 6.01. The molecule has 44 heavy (non-hydrogen) atoms. The molecule has 1 N–H and O–H groups in total. The van der Waals surface area contributed by atoms with Gasteiger partial charge >= 0.3 is 12.4 Å². The van der Waals surface area contributed by atoms with Crippen LogP contribution in [0.3, 0.4) is 0 Å². The number of hydrogen-bond acceptors (Lipinski definition) is 5. The van der Waals surface area contributed by atoms with Crippen LogP contribution in [0.1, 0.15) is 36.2 Å². The second-order valence-corrected chi connectivity index (χ2v) is 10.5. The van der Waals surface area contributed by atoms with Gasteiger partial charge in [0.05, 0.1) is 16.6 Å². The number of rotatable bonds is 7. The second-order valence-electron chi connectivity index (χ2n) is 10.5. The van der Waals surface area contributed by atoms with Gasteiger partial charge in [0.2, 0.25) is 0 Å². The maximum Gasteiger partial charge on any atom is 0.430 e. The molecule has 5 rings (SSSR count). The van der Waals surface area contributed by atoms with Crippen LogP contribution < -0.4 is 10.3 Å². The summed E-state index contributed by atoms with van der Waals surface area (Å²) in [6, 6.07) is 16.0. The quantitative estimate of drug-likeness (QED) is 0.269. The van der Waals surface area contributed by atoms with E-state index in [4.69, 9.17) is 4.74 Å². The maximum atomic E-state index is 13.9. The highest BCUT2D eigenvalue weighted by Crippen LogP contribution is 2.50. The van der Waals surface area contributed by atoms with Crippen molar-refractivity contribution in [3.05, 3.63) is 100 Å². The zero-order chi connectivity index (χ0) is 31.7. The molecule has 232 valence electrons. The number of halogens is 6. The Hall–Kier alpha value is -4.39. The van der Waals surface area contributed by atoms with Crippen LogP contribution in [0.15, 0.2) is 77.6 Å². The number of fused-ring (bicyclic) bond motifs is 1. The van der Waals surface area contributed by atoms with Crippen molar-refractivity contribution in [2.45, 2.75) is 43.6 Å². The summed E-state index contributed by atoms with van der Waals surface area (Å²) in [7, 11) is 0. The zero-order valence-electron chi connectivity index (χ0n) is 23.2. The minimum atomic E-state index is -6.06. The first kappa shape index (κ1) is 31.0. The first-order valence-electron chi connectivity index (χ1n) is 13.8. The minimum absolute atomic E-state index is 0.0518. The van der Waals surface area contributed by atoms with Crippen molar-refractivity contribution in [1.82, 2.24) is 14.5 Å². The molecule has 1 aromatic heterocycles. The summed E-state index contributed by atoms with van der Waals surface area (Å²) in [4.78, 5) is 32.7. The summed E-state index contributed by atoms with van der Waals surface area (Å²) >= 11 is 0. The summed E-state index contributed by atoms with van der Waals surface area (Å²) in [6.07, 6.45) is -9.15. The molecule has 1 aliphatic heterocycles. The summed E-state index contributed by atoms with van der Waals surface area (Å²) in [5.41, 5.74) is -6.30. The highest BCUT2D eigenvalue weighted by molar-refractivity contribution is 5.81. The van der Waals surface area contributed by atoms with Gasteiger partial charge in [-0.25, -0.2) is 4.98 Å². The molecule has 0 bridgehead atoms. The number of benzene rings is 3. The summed E-state index contributed by atoms with van der Waals surface area (Å²) in [5.74, 6) is 0.175. The molecule has 1 saturated heterocycles. The van der Waals surface area contributed by atoms with Crippen LogP contribution in [-0.2, 0) is 16.8 Å². The highest BCUT2D eigenvalue weighted by atomic mass is 19.4. The zero-order valence-corrected chi connectivity index (χ0v) is 23.2. The van der Waals surface area contributed by atoms with Gasteiger partial charge in [-0.2, -0.15) is 26.3 Å². The number of likely N-dealkylation sites (tertiary alicyclic amines) is 1. The molecule has 0 spiro atoms. The predicted octanol–water partition coefficient (Wildman–Crippen LogP) is 5.68. The lowest BCUT2D eigenvalue weighted by Crippen LogP contribution is -2.53. The van der Waals surface area contributed by atoms with Crippen LogP contribution in [0, 0.1) is 0 Å². The van der Waals surface area contributed by atoms with Gasteiger partial charge in [0.1, 0.15) is 11.6 Å². The van der Waals surface area contributed by atoms with Gasteiger partial charge in [-0.3, -0.25) is 14.2 Å². The van der Waals surface area contributed by atoms with Crippen LogP contribution in [-0.4, -0.2) is 57.5 Å². The molecule has 7 nitrogen and oxygen atoms in total. The number of aliphatic hydroxyl groups is 1. The van der Waals surface area contributed by atoms with Gasteiger partial charge < -0.3 is 14.7 Å². The number of ether oxygens (including phenoxy) is 1.